The van der Waals surface area contributed by atoms with Crippen molar-refractivity contribution in [3.63, 3.8) is 0 Å². The van der Waals surface area contributed by atoms with E-state index in [-0.39, 0.29) is 11.7 Å². The summed E-state index contributed by atoms with van der Waals surface area (Å²) in [4.78, 5) is 12.4. The molecule has 0 fully saturated rings. The van der Waals surface area contributed by atoms with Crippen LogP contribution in [0.15, 0.2) is 78.0 Å². The van der Waals surface area contributed by atoms with Crippen LogP contribution in [0.5, 0.6) is 0 Å². The zero-order valence-corrected chi connectivity index (χ0v) is 14.6. The molecule has 0 saturated carbocycles. The topological polar surface area (TPSA) is 72.7 Å². The van der Waals surface area contributed by atoms with Gasteiger partial charge in [0.15, 0.2) is 0 Å². The first-order chi connectivity index (χ1) is 12.8. The van der Waals surface area contributed by atoms with Gasteiger partial charge in [0, 0.05) is 11.1 Å². The van der Waals surface area contributed by atoms with Crippen LogP contribution in [0.1, 0.15) is 0 Å². The minimum absolute atomic E-state index is 0.103. The van der Waals surface area contributed by atoms with E-state index in [1.165, 1.54) is 11.8 Å². The molecule has 0 aliphatic rings. The molecule has 0 aliphatic heterocycles. The van der Waals surface area contributed by atoms with Crippen molar-refractivity contribution in [2.75, 3.05) is 11.1 Å². The molecular weight excluding hydrogens is 346 g/mol. The monoisotopic (exact) mass is 361 g/mol. The van der Waals surface area contributed by atoms with Crippen molar-refractivity contribution in [2.24, 2.45) is 0 Å². The Labute approximate surface area is 154 Å². The summed E-state index contributed by atoms with van der Waals surface area (Å²) in [6, 6.07) is 23.4. The lowest BCUT2D eigenvalue weighted by atomic mass is 10.1. The van der Waals surface area contributed by atoms with Crippen LogP contribution >= 0.6 is 11.8 Å². The van der Waals surface area contributed by atoms with Crippen molar-refractivity contribution in [1.29, 1.82) is 0 Å². The summed E-state index contributed by atoms with van der Waals surface area (Å²) >= 11 is 1.30. The van der Waals surface area contributed by atoms with E-state index in [0.29, 0.717) is 5.16 Å². The Bertz CT molecular complexity index is 1040. The number of para-hydroxylation sites is 1. The summed E-state index contributed by atoms with van der Waals surface area (Å²) < 4.78 is 1.62. The number of fused-ring (bicyclic) bond motifs is 1. The van der Waals surface area contributed by atoms with Crippen molar-refractivity contribution in [3.8, 4) is 5.69 Å². The molecule has 4 rings (SSSR count). The zero-order chi connectivity index (χ0) is 17.8. The van der Waals surface area contributed by atoms with Gasteiger partial charge in [-0.1, -0.05) is 66.4 Å². The lowest BCUT2D eigenvalue weighted by Gasteiger charge is -2.08. The number of hydrogen-bond donors (Lipinski definition) is 1. The summed E-state index contributed by atoms with van der Waals surface area (Å²) in [6.45, 7) is 0. The summed E-state index contributed by atoms with van der Waals surface area (Å²) in [5, 5.41) is 17.4. The number of tetrazole rings is 1. The van der Waals surface area contributed by atoms with E-state index in [0.717, 1.165) is 22.1 Å². The molecule has 1 heterocycles. The van der Waals surface area contributed by atoms with Crippen LogP contribution in [-0.4, -0.2) is 31.9 Å². The van der Waals surface area contributed by atoms with Gasteiger partial charge in [0.1, 0.15) is 0 Å². The Balaban J connectivity index is 1.46. The molecule has 0 spiro atoms. The third-order valence-electron chi connectivity index (χ3n) is 3.84. The normalized spacial score (nSPS) is 10.8. The average Bonchev–Trinajstić information content (AvgIpc) is 3.16. The lowest BCUT2D eigenvalue weighted by molar-refractivity contribution is -0.113. The van der Waals surface area contributed by atoms with Crippen LogP contribution in [0.4, 0.5) is 5.69 Å². The van der Waals surface area contributed by atoms with Crippen LogP contribution < -0.4 is 5.32 Å². The molecule has 0 atom stereocenters. The summed E-state index contributed by atoms with van der Waals surface area (Å²) in [5.41, 5.74) is 1.66. The minimum Gasteiger partial charge on any atom is -0.325 e. The second kappa shape index (κ2) is 7.37. The third-order valence-corrected chi connectivity index (χ3v) is 4.76. The summed E-state index contributed by atoms with van der Waals surface area (Å²) in [5.74, 6) is 0.116. The van der Waals surface area contributed by atoms with Crippen LogP contribution in [0.3, 0.4) is 0 Å². The fraction of sp³-hybridized carbons (Fsp3) is 0.0526. The number of carbonyl (C=O) groups is 1. The molecule has 1 N–H and O–H groups in total. The number of thioether (sulfide) groups is 1. The third kappa shape index (κ3) is 3.43. The standard InChI is InChI=1S/C19H15N5OS/c25-18(20-17-12-6-8-14-7-4-5-11-16(14)17)13-26-19-21-22-23-24(19)15-9-2-1-3-10-15/h1-12H,13H2,(H,20,25). The molecule has 0 unspecified atom stereocenters. The minimum atomic E-state index is -0.103. The number of hydrogen-bond acceptors (Lipinski definition) is 5. The van der Waals surface area contributed by atoms with E-state index in [4.69, 9.17) is 0 Å². The summed E-state index contributed by atoms with van der Waals surface area (Å²) in [6.07, 6.45) is 0. The first-order valence-electron chi connectivity index (χ1n) is 8.05. The van der Waals surface area contributed by atoms with Gasteiger partial charge in [-0.3, -0.25) is 4.79 Å². The molecule has 26 heavy (non-hydrogen) atoms. The van der Waals surface area contributed by atoms with Crippen molar-refractivity contribution in [2.45, 2.75) is 5.16 Å². The van der Waals surface area contributed by atoms with E-state index in [1.807, 2.05) is 72.8 Å². The second-order valence-electron chi connectivity index (χ2n) is 5.57. The first kappa shape index (κ1) is 16.3. The molecule has 1 amide bonds. The van der Waals surface area contributed by atoms with Gasteiger partial charge in [-0.2, -0.15) is 4.68 Å². The van der Waals surface area contributed by atoms with Crippen molar-refractivity contribution >= 4 is 34.1 Å². The van der Waals surface area contributed by atoms with Crippen LogP contribution in [0.2, 0.25) is 0 Å². The predicted octanol–water partition coefficient (Wildman–Crippen LogP) is 3.55. The number of carbonyl (C=O) groups excluding carboxylic acids is 1. The van der Waals surface area contributed by atoms with E-state index in [9.17, 15) is 4.79 Å². The highest BCUT2D eigenvalue weighted by molar-refractivity contribution is 7.99. The molecule has 128 valence electrons. The fourth-order valence-electron chi connectivity index (χ4n) is 2.65. The largest absolute Gasteiger partial charge is 0.325 e. The SMILES string of the molecule is O=C(CSc1nnnn1-c1ccccc1)Nc1cccc2ccccc12. The van der Waals surface area contributed by atoms with Crippen LogP contribution in [-0.2, 0) is 4.79 Å². The van der Waals surface area contributed by atoms with Gasteiger partial charge in [0.05, 0.1) is 11.4 Å². The van der Waals surface area contributed by atoms with E-state index >= 15 is 0 Å². The number of anilines is 1. The smallest absolute Gasteiger partial charge is 0.234 e. The van der Waals surface area contributed by atoms with E-state index in [2.05, 4.69) is 20.8 Å². The number of aromatic nitrogens is 4. The van der Waals surface area contributed by atoms with Gasteiger partial charge >= 0.3 is 0 Å². The number of benzene rings is 3. The molecule has 0 radical (unpaired) electrons. The molecule has 0 saturated heterocycles. The van der Waals surface area contributed by atoms with Gasteiger partial charge in [-0.25, -0.2) is 0 Å². The fourth-order valence-corrected chi connectivity index (χ4v) is 3.34. The Kier molecular flexibility index (Phi) is 4.61. The van der Waals surface area contributed by atoms with Gasteiger partial charge in [0.25, 0.3) is 0 Å². The number of nitrogens with one attached hydrogen (secondary N) is 1. The highest BCUT2D eigenvalue weighted by atomic mass is 32.2. The Morgan fingerprint density at radius 1 is 0.962 bits per heavy atom. The average molecular weight is 361 g/mol. The molecular formula is C19H15N5OS. The highest BCUT2D eigenvalue weighted by Crippen LogP contribution is 2.24. The van der Waals surface area contributed by atoms with Gasteiger partial charge in [-0.05, 0) is 34.0 Å². The van der Waals surface area contributed by atoms with Crippen molar-refractivity contribution in [3.05, 3.63) is 72.8 Å². The van der Waals surface area contributed by atoms with Gasteiger partial charge in [-0.15, -0.1) is 5.10 Å². The highest BCUT2D eigenvalue weighted by Gasteiger charge is 2.12. The van der Waals surface area contributed by atoms with E-state index in [1.54, 1.807) is 4.68 Å². The molecule has 6 nitrogen and oxygen atoms in total. The molecule has 0 bridgehead atoms. The predicted molar refractivity (Wildman–Crippen MR) is 102 cm³/mol. The maximum Gasteiger partial charge on any atom is 0.234 e. The molecule has 4 aromatic rings. The Hall–Kier alpha value is -3.19. The molecule has 3 aromatic carbocycles. The Morgan fingerprint density at radius 2 is 1.73 bits per heavy atom. The maximum atomic E-state index is 12.4. The van der Waals surface area contributed by atoms with Gasteiger partial charge < -0.3 is 5.32 Å². The zero-order valence-electron chi connectivity index (χ0n) is 13.7. The maximum absolute atomic E-state index is 12.4. The molecule has 1 aromatic heterocycles. The van der Waals surface area contributed by atoms with E-state index < -0.39 is 0 Å². The number of rotatable bonds is 5. The number of amides is 1. The summed E-state index contributed by atoms with van der Waals surface area (Å²) in [7, 11) is 0. The second-order valence-corrected chi connectivity index (χ2v) is 6.51. The lowest BCUT2D eigenvalue weighted by Crippen LogP contribution is -2.14. The Morgan fingerprint density at radius 3 is 2.62 bits per heavy atom. The van der Waals surface area contributed by atoms with Crippen LogP contribution in [0.25, 0.3) is 16.5 Å². The first-order valence-corrected chi connectivity index (χ1v) is 9.04. The quantitative estimate of drug-likeness (QED) is 0.550. The van der Waals surface area contributed by atoms with Gasteiger partial charge in [0.2, 0.25) is 11.1 Å². The molecule has 0 aliphatic carbocycles. The van der Waals surface area contributed by atoms with Crippen molar-refractivity contribution < 1.29 is 4.79 Å². The molecule has 7 heteroatoms. The van der Waals surface area contributed by atoms with Crippen LogP contribution in [0, 0.1) is 0 Å². The van der Waals surface area contributed by atoms with Crippen molar-refractivity contribution in [1.82, 2.24) is 20.2 Å². The number of nitrogens with zero attached hydrogens (tertiary/aromatic N) is 4.